The Labute approximate surface area is 173 Å². The van der Waals surface area contributed by atoms with Crippen LogP contribution in [0.5, 0.6) is 0 Å². The third-order valence-corrected chi connectivity index (χ3v) is 5.84. The first kappa shape index (κ1) is 20.9. The Morgan fingerprint density at radius 3 is 2.62 bits per heavy atom. The summed E-state index contributed by atoms with van der Waals surface area (Å²) >= 11 is 1.34. The number of amides is 2. The highest BCUT2D eigenvalue weighted by atomic mass is 32.2. The smallest absolute Gasteiger partial charge is 0.251 e. The number of carbonyl (C=O) groups excluding carboxylic acids is 2. The van der Waals surface area contributed by atoms with Crippen molar-refractivity contribution in [2.24, 2.45) is 0 Å². The number of hydrogen-bond acceptors (Lipinski definition) is 5. The van der Waals surface area contributed by atoms with Crippen molar-refractivity contribution in [2.45, 2.75) is 30.0 Å². The minimum absolute atomic E-state index is 0.121. The lowest BCUT2D eigenvalue weighted by Crippen LogP contribution is -2.52. The number of rotatable bonds is 6. The Kier molecular flexibility index (Phi) is 6.53. The van der Waals surface area contributed by atoms with Gasteiger partial charge in [-0.25, -0.2) is 4.98 Å². The van der Waals surface area contributed by atoms with Gasteiger partial charge in [0, 0.05) is 19.2 Å². The number of carbonyl (C=O) groups is 2. The van der Waals surface area contributed by atoms with Gasteiger partial charge in [-0.1, -0.05) is 48.7 Å². The zero-order valence-electron chi connectivity index (χ0n) is 16.3. The number of H-pyrrole nitrogens is 1. The number of thioether (sulfide) groups is 1. The molecule has 7 nitrogen and oxygen atoms in total. The van der Waals surface area contributed by atoms with Gasteiger partial charge in [-0.15, -0.1) is 0 Å². The predicted molar refractivity (Wildman–Crippen MR) is 113 cm³/mol. The molecule has 0 saturated carbocycles. The molecule has 152 valence electrons. The van der Waals surface area contributed by atoms with Gasteiger partial charge < -0.3 is 15.2 Å². The number of aromatic nitrogens is 2. The summed E-state index contributed by atoms with van der Waals surface area (Å²) in [6.07, 6.45) is 4.16. The molecular formula is C21H24N4O3S. The summed E-state index contributed by atoms with van der Waals surface area (Å²) in [6, 6.07) is 11.0. The lowest BCUT2D eigenvalue weighted by molar-refractivity contribution is -0.134. The molecule has 1 aromatic heterocycles. The Bertz CT molecular complexity index is 950. The minimum Gasteiger partial charge on any atom is -0.350 e. The van der Waals surface area contributed by atoms with Crippen LogP contribution in [0.2, 0.25) is 0 Å². The molecule has 0 bridgehead atoms. The molecule has 3 rings (SSSR count). The lowest BCUT2D eigenvalue weighted by atomic mass is 9.72. The molecule has 1 saturated heterocycles. The highest BCUT2D eigenvalue weighted by Crippen LogP contribution is 2.36. The minimum atomic E-state index is -0.733. The molecule has 1 aliphatic rings. The normalized spacial score (nSPS) is 15.6. The van der Waals surface area contributed by atoms with Gasteiger partial charge in [0.2, 0.25) is 11.8 Å². The first-order chi connectivity index (χ1) is 14.0. The van der Waals surface area contributed by atoms with Crippen LogP contribution in [0.15, 0.2) is 59.0 Å². The molecule has 1 aliphatic heterocycles. The number of nitrogens with one attached hydrogen (secondary N) is 2. The van der Waals surface area contributed by atoms with Gasteiger partial charge in [0.05, 0.1) is 17.7 Å². The predicted octanol–water partition coefficient (Wildman–Crippen LogP) is 1.85. The second kappa shape index (κ2) is 9.09. The van der Waals surface area contributed by atoms with Crippen molar-refractivity contribution in [3.8, 4) is 0 Å². The van der Waals surface area contributed by atoms with E-state index >= 15 is 0 Å². The Morgan fingerprint density at radius 2 is 2.00 bits per heavy atom. The van der Waals surface area contributed by atoms with Crippen LogP contribution in [0.4, 0.5) is 0 Å². The van der Waals surface area contributed by atoms with Gasteiger partial charge in [0.25, 0.3) is 5.56 Å². The van der Waals surface area contributed by atoms with Crippen molar-refractivity contribution < 1.29 is 9.59 Å². The monoisotopic (exact) mass is 412 g/mol. The van der Waals surface area contributed by atoms with Gasteiger partial charge in [-0.05, 0) is 30.7 Å². The Balaban J connectivity index is 1.81. The van der Waals surface area contributed by atoms with Crippen LogP contribution in [0.3, 0.4) is 0 Å². The van der Waals surface area contributed by atoms with E-state index in [1.54, 1.807) is 4.90 Å². The van der Waals surface area contributed by atoms with Crippen molar-refractivity contribution in [1.82, 2.24) is 20.2 Å². The molecule has 2 N–H and O–H groups in total. The van der Waals surface area contributed by atoms with Gasteiger partial charge in [0.15, 0.2) is 5.16 Å². The summed E-state index contributed by atoms with van der Waals surface area (Å²) in [6.45, 7) is 4.67. The quantitative estimate of drug-likeness (QED) is 0.429. The van der Waals surface area contributed by atoms with Crippen molar-refractivity contribution >= 4 is 23.6 Å². The number of aromatic amines is 1. The third kappa shape index (κ3) is 4.59. The second-order valence-corrected chi connectivity index (χ2v) is 7.70. The molecular weight excluding hydrogens is 388 g/mol. The molecule has 0 aliphatic carbocycles. The van der Waals surface area contributed by atoms with Gasteiger partial charge in [-0.2, -0.15) is 0 Å². The maximum Gasteiger partial charge on any atom is 0.251 e. The van der Waals surface area contributed by atoms with Gasteiger partial charge in [-0.3, -0.25) is 14.4 Å². The van der Waals surface area contributed by atoms with E-state index in [1.807, 2.05) is 36.6 Å². The van der Waals surface area contributed by atoms with E-state index in [1.165, 1.54) is 23.9 Å². The van der Waals surface area contributed by atoms with Crippen molar-refractivity contribution in [2.75, 3.05) is 19.3 Å². The first-order valence-electron chi connectivity index (χ1n) is 9.38. The fourth-order valence-electron chi connectivity index (χ4n) is 3.65. The molecule has 0 atom stereocenters. The van der Waals surface area contributed by atoms with Crippen LogP contribution in [-0.2, 0) is 21.5 Å². The van der Waals surface area contributed by atoms with E-state index in [0.29, 0.717) is 36.8 Å². The van der Waals surface area contributed by atoms with Crippen LogP contribution >= 0.6 is 11.8 Å². The van der Waals surface area contributed by atoms with E-state index in [-0.39, 0.29) is 23.9 Å². The van der Waals surface area contributed by atoms with E-state index in [9.17, 15) is 14.4 Å². The standard InChI is InChI=1S/C21H24N4O3S/c1-3-18(27)25-11-9-21(10-12-25,15-7-5-4-6-8-15)19(28)22-14-16-13-17(26)24-20(23-16)29-2/h3-8,13H,1,9-12,14H2,2H3,(H,22,28)(H,23,24,26). The van der Waals surface area contributed by atoms with Crippen LogP contribution in [-0.4, -0.2) is 46.0 Å². The summed E-state index contributed by atoms with van der Waals surface area (Å²) in [5.41, 5.74) is 0.450. The maximum absolute atomic E-state index is 13.3. The first-order valence-corrected chi connectivity index (χ1v) is 10.6. The van der Waals surface area contributed by atoms with Crippen LogP contribution < -0.4 is 10.9 Å². The van der Waals surface area contributed by atoms with Crippen LogP contribution in [0.25, 0.3) is 0 Å². The van der Waals surface area contributed by atoms with Gasteiger partial charge >= 0.3 is 0 Å². The zero-order valence-corrected chi connectivity index (χ0v) is 17.1. The highest BCUT2D eigenvalue weighted by molar-refractivity contribution is 7.98. The zero-order chi connectivity index (χ0) is 20.9. The molecule has 0 spiro atoms. The van der Waals surface area contributed by atoms with Crippen molar-refractivity contribution in [3.05, 3.63) is 70.7 Å². The highest BCUT2D eigenvalue weighted by Gasteiger charge is 2.43. The van der Waals surface area contributed by atoms with E-state index < -0.39 is 5.41 Å². The Hall–Kier alpha value is -2.87. The van der Waals surface area contributed by atoms with Crippen LogP contribution in [0.1, 0.15) is 24.1 Å². The third-order valence-electron chi connectivity index (χ3n) is 5.26. The average molecular weight is 413 g/mol. The second-order valence-electron chi connectivity index (χ2n) is 6.91. The number of nitrogens with zero attached hydrogens (tertiary/aromatic N) is 2. The number of hydrogen-bond donors (Lipinski definition) is 2. The SMILES string of the molecule is C=CC(=O)N1CCC(C(=O)NCc2cc(=O)[nH]c(SC)n2)(c2ccccc2)CC1. The van der Waals surface area contributed by atoms with Crippen LogP contribution in [0, 0.1) is 0 Å². The molecule has 1 aromatic carbocycles. The number of piperidine rings is 1. The fraction of sp³-hybridized carbons (Fsp3) is 0.333. The molecule has 1 fully saturated rings. The van der Waals surface area contributed by atoms with Gasteiger partial charge in [0.1, 0.15) is 0 Å². The summed E-state index contributed by atoms with van der Waals surface area (Å²) < 4.78 is 0. The summed E-state index contributed by atoms with van der Waals surface area (Å²) in [5, 5.41) is 3.47. The number of likely N-dealkylation sites (tertiary alicyclic amines) is 1. The summed E-state index contributed by atoms with van der Waals surface area (Å²) in [5.74, 6) is -0.244. The molecule has 8 heteroatoms. The van der Waals surface area contributed by atoms with E-state index in [4.69, 9.17) is 0 Å². The fourth-order valence-corrected chi connectivity index (χ4v) is 4.06. The topological polar surface area (TPSA) is 95.2 Å². The van der Waals surface area contributed by atoms with E-state index in [2.05, 4.69) is 21.9 Å². The molecule has 0 radical (unpaired) electrons. The van der Waals surface area contributed by atoms with E-state index in [0.717, 1.165) is 5.56 Å². The molecule has 2 amide bonds. The average Bonchev–Trinajstić information content (AvgIpc) is 2.77. The molecule has 2 heterocycles. The Morgan fingerprint density at radius 1 is 1.31 bits per heavy atom. The lowest BCUT2D eigenvalue weighted by Gasteiger charge is -2.40. The number of benzene rings is 1. The summed E-state index contributed by atoms with van der Waals surface area (Å²) in [7, 11) is 0. The molecule has 29 heavy (non-hydrogen) atoms. The largest absolute Gasteiger partial charge is 0.350 e. The van der Waals surface area contributed by atoms with Crippen molar-refractivity contribution in [1.29, 1.82) is 0 Å². The van der Waals surface area contributed by atoms with Crippen molar-refractivity contribution in [3.63, 3.8) is 0 Å². The molecule has 0 unspecified atom stereocenters. The molecule has 2 aromatic rings. The maximum atomic E-state index is 13.3. The summed E-state index contributed by atoms with van der Waals surface area (Å²) in [4.78, 5) is 45.7.